The molecule has 0 spiro atoms. The third kappa shape index (κ3) is 3.77. The van der Waals surface area contributed by atoms with Crippen LogP contribution in [0.1, 0.15) is 16.2 Å². The van der Waals surface area contributed by atoms with Gasteiger partial charge >= 0.3 is 6.61 Å². The highest BCUT2D eigenvalue weighted by atomic mass is 19.3. The minimum atomic E-state index is -2.95. The highest BCUT2D eigenvalue weighted by Crippen LogP contribution is 2.16. The molecule has 2 heterocycles. The molecule has 0 saturated carbocycles. The molecule has 3 rings (SSSR count). The van der Waals surface area contributed by atoms with Gasteiger partial charge in [-0.25, -0.2) is 9.67 Å². The fraction of sp³-hybridized carbons (Fsp3) is 0.125. The van der Waals surface area contributed by atoms with Crippen molar-refractivity contribution >= 4 is 11.6 Å². The Hall–Kier alpha value is -3.36. The first-order valence-corrected chi connectivity index (χ1v) is 7.24. The number of hydrogen-bond acceptors (Lipinski definition) is 5. The largest absolute Gasteiger partial charge is 0.417 e. The molecule has 1 amide bonds. The zero-order chi connectivity index (χ0) is 17.8. The van der Waals surface area contributed by atoms with E-state index in [9.17, 15) is 13.6 Å². The normalized spacial score (nSPS) is 10.7. The maximum atomic E-state index is 12.3. The van der Waals surface area contributed by atoms with Crippen molar-refractivity contribution in [3.05, 3.63) is 60.0 Å². The first-order chi connectivity index (χ1) is 12.0. The van der Waals surface area contributed by atoms with Gasteiger partial charge in [-0.15, -0.1) is 5.10 Å². The Labute approximate surface area is 141 Å². The van der Waals surface area contributed by atoms with Crippen LogP contribution in [0.4, 0.5) is 14.5 Å². The molecule has 7 nitrogen and oxygen atoms in total. The number of ether oxygens (including phenoxy) is 1. The number of para-hydroxylation sites is 1. The quantitative estimate of drug-likeness (QED) is 0.769. The van der Waals surface area contributed by atoms with E-state index in [1.165, 1.54) is 18.3 Å². The number of carbonyl (C=O) groups is 1. The molecule has 0 atom stereocenters. The summed E-state index contributed by atoms with van der Waals surface area (Å²) in [6.07, 6.45) is 1.21. The second-order valence-electron chi connectivity index (χ2n) is 4.99. The van der Waals surface area contributed by atoms with Crippen molar-refractivity contribution in [2.45, 2.75) is 13.5 Å². The van der Waals surface area contributed by atoms with Gasteiger partial charge in [0.1, 0.15) is 0 Å². The smallest absolute Gasteiger partial charge is 0.388 e. The Balaban J connectivity index is 1.75. The fourth-order valence-electron chi connectivity index (χ4n) is 2.16. The zero-order valence-corrected chi connectivity index (χ0v) is 13.1. The minimum absolute atomic E-state index is 0.150. The van der Waals surface area contributed by atoms with Crippen LogP contribution in [-0.4, -0.2) is 32.5 Å². The summed E-state index contributed by atoms with van der Waals surface area (Å²) in [6.45, 7) is -1.23. The minimum Gasteiger partial charge on any atom is -0.417 e. The predicted octanol–water partition coefficient (Wildman–Crippen LogP) is 2.82. The number of pyridine rings is 1. The van der Waals surface area contributed by atoms with Gasteiger partial charge in [0.05, 0.1) is 23.3 Å². The number of benzene rings is 1. The van der Waals surface area contributed by atoms with E-state index in [-0.39, 0.29) is 11.6 Å². The number of hydrogen-bond donors (Lipinski definition) is 1. The number of alkyl halides is 2. The number of halogens is 2. The lowest BCUT2D eigenvalue weighted by molar-refractivity contribution is -0.0528. The average molecular weight is 345 g/mol. The summed E-state index contributed by atoms with van der Waals surface area (Å²) in [7, 11) is 0. The Bertz CT molecular complexity index is 866. The van der Waals surface area contributed by atoms with Gasteiger partial charge in [0.15, 0.2) is 5.69 Å². The summed E-state index contributed by atoms with van der Waals surface area (Å²) in [5.74, 6) is -0.719. The van der Waals surface area contributed by atoms with Gasteiger partial charge < -0.3 is 10.1 Å². The van der Waals surface area contributed by atoms with Crippen molar-refractivity contribution in [2.75, 3.05) is 5.32 Å². The molecule has 9 heteroatoms. The molecule has 0 fully saturated rings. The molecule has 3 aromatic rings. The summed E-state index contributed by atoms with van der Waals surface area (Å²) in [6, 6.07) is 11.9. The lowest BCUT2D eigenvalue weighted by atomic mass is 10.3. The highest BCUT2D eigenvalue weighted by Gasteiger charge is 2.17. The van der Waals surface area contributed by atoms with E-state index in [0.717, 1.165) is 5.69 Å². The summed E-state index contributed by atoms with van der Waals surface area (Å²) < 4.78 is 29.9. The van der Waals surface area contributed by atoms with E-state index in [1.54, 1.807) is 11.6 Å². The number of nitrogens with zero attached hydrogens (tertiary/aromatic N) is 4. The molecule has 128 valence electrons. The number of nitrogens with one attached hydrogen (secondary N) is 1. The van der Waals surface area contributed by atoms with E-state index in [4.69, 9.17) is 0 Å². The van der Waals surface area contributed by atoms with Gasteiger partial charge in [0.2, 0.25) is 5.88 Å². The van der Waals surface area contributed by atoms with Crippen LogP contribution in [0.5, 0.6) is 5.88 Å². The molecular weight excluding hydrogens is 332 g/mol. The Morgan fingerprint density at radius 1 is 1.20 bits per heavy atom. The molecule has 0 aliphatic rings. The van der Waals surface area contributed by atoms with Crippen LogP contribution in [-0.2, 0) is 0 Å². The molecule has 0 unspecified atom stereocenters. The van der Waals surface area contributed by atoms with Crippen molar-refractivity contribution < 1.29 is 18.3 Å². The fourth-order valence-corrected chi connectivity index (χ4v) is 2.16. The van der Waals surface area contributed by atoms with Gasteiger partial charge in [-0.2, -0.15) is 8.78 Å². The number of rotatable bonds is 5. The molecule has 0 saturated heterocycles. The standard InChI is InChI=1S/C16H13F2N5O2/c1-10-14(21-22-23(10)12-5-3-2-4-6-12)15(24)20-11-7-8-13(19-9-11)25-16(17)18/h2-9,16H,1H3,(H,20,24). The first kappa shape index (κ1) is 16.5. The molecule has 0 bridgehead atoms. The van der Waals surface area contributed by atoms with E-state index < -0.39 is 12.5 Å². The van der Waals surface area contributed by atoms with E-state index in [2.05, 4.69) is 25.3 Å². The molecule has 1 N–H and O–H groups in total. The first-order valence-electron chi connectivity index (χ1n) is 7.24. The van der Waals surface area contributed by atoms with Gasteiger partial charge in [-0.1, -0.05) is 23.4 Å². The van der Waals surface area contributed by atoms with Crippen molar-refractivity contribution in [3.8, 4) is 11.6 Å². The zero-order valence-electron chi connectivity index (χ0n) is 13.1. The van der Waals surface area contributed by atoms with Crippen LogP contribution < -0.4 is 10.1 Å². The Morgan fingerprint density at radius 3 is 2.60 bits per heavy atom. The molecular formula is C16H13F2N5O2. The third-order valence-electron chi connectivity index (χ3n) is 3.31. The second kappa shape index (κ2) is 7.04. The number of aromatic nitrogens is 4. The van der Waals surface area contributed by atoms with Crippen LogP contribution >= 0.6 is 0 Å². The highest BCUT2D eigenvalue weighted by molar-refractivity contribution is 6.03. The lowest BCUT2D eigenvalue weighted by Crippen LogP contribution is -2.14. The second-order valence-corrected chi connectivity index (χ2v) is 4.99. The summed E-state index contributed by atoms with van der Waals surface area (Å²) in [4.78, 5) is 16.0. The maximum Gasteiger partial charge on any atom is 0.388 e. The van der Waals surface area contributed by atoms with Gasteiger partial charge in [-0.05, 0) is 25.1 Å². The van der Waals surface area contributed by atoms with Gasteiger partial charge in [0.25, 0.3) is 5.91 Å². The average Bonchev–Trinajstić information content (AvgIpc) is 2.98. The Kier molecular flexibility index (Phi) is 4.64. The maximum absolute atomic E-state index is 12.3. The lowest BCUT2D eigenvalue weighted by Gasteiger charge is -2.06. The molecule has 0 radical (unpaired) electrons. The number of carbonyl (C=O) groups excluding carboxylic acids is 1. The van der Waals surface area contributed by atoms with Crippen molar-refractivity contribution in [1.82, 2.24) is 20.0 Å². The van der Waals surface area contributed by atoms with Crippen molar-refractivity contribution in [1.29, 1.82) is 0 Å². The molecule has 0 aliphatic heterocycles. The van der Waals surface area contributed by atoms with Gasteiger partial charge in [-0.3, -0.25) is 4.79 Å². The van der Waals surface area contributed by atoms with Crippen molar-refractivity contribution in [3.63, 3.8) is 0 Å². The van der Waals surface area contributed by atoms with Crippen LogP contribution in [0.25, 0.3) is 5.69 Å². The number of amides is 1. The van der Waals surface area contributed by atoms with E-state index >= 15 is 0 Å². The molecule has 0 aliphatic carbocycles. The Morgan fingerprint density at radius 2 is 1.96 bits per heavy atom. The summed E-state index contributed by atoms with van der Waals surface area (Å²) in [5, 5.41) is 10.5. The predicted molar refractivity (Wildman–Crippen MR) is 84.9 cm³/mol. The van der Waals surface area contributed by atoms with Crippen LogP contribution in [0.3, 0.4) is 0 Å². The molecule has 25 heavy (non-hydrogen) atoms. The van der Waals surface area contributed by atoms with Crippen LogP contribution in [0, 0.1) is 6.92 Å². The summed E-state index contributed by atoms with van der Waals surface area (Å²) in [5.41, 5.74) is 1.81. The number of anilines is 1. The van der Waals surface area contributed by atoms with Crippen LogP contribution in [0.2, 0.25) is 0 Å². The van der Waals surface area contributed by atoms with Crippen molar-refractivity contribution in [2.24, 2.45) is 0 Å². The molecule has 1 aromatic carbocycles. The van der Waals surface area contributed by atoms with Crippen LogP contribution in [0.15, 0.2) is 48.7 Å². The summed E-state index contributed by atoms with van der Waals surface area (Å²) >= 11 is 0. The SMILES string of the molecule is Cc1c(C(=O)Nc2ccc(OC(F)F)nc2)nnn1-c1ccccc1. The van der Waals surface area contributed by atoms with E-state index in [0.29, 0.717) is 11.4 Å². The monoisotopic (exact) mass is 345 g/mol. The third-order valence-corrected chi connectivity index (χ3v) is 3.31. The van der Waals surface area contributed by atoms with E-state index in [1.807, 2.05) is 30.3 Å². The van der Waals surface area contributed by atoms with Gasteiger partial charge in [0, 0.05) is 6.07 Å². The topological polar surface area (TPSA) is 81.9 Å². The molecule has 2 aromatic heterocycles.